The normalized spacial score (nSPS) is 11.7. The fraction of sp³-hybridized carbons (Fsp3) is 0.500. The molecule has 0 aliphatic rings. The van der Waals surface area contributed by atoms with Gasteiger partial charge in [0.1, 0.15) is 4.60 Å². The van der Waals surface area contributed by atoms with Crippen molar-refractivity contribution >= 4 is 21.9 Å². The second kappa shape index (κ2) is 3.14. The number of nitrogens with one attached hydrogen (secondary N) is 1. The Morgan fingerprint density at radius 3 is 2.38 bits per heavy atom. The summed E-state index contributed by atoms with van der Waals surface area (Å²) in [6, 6.07) is 0. The lowest BCUT2D eigenvalue weighted by molar-refractivity contribution is 0.0687. The first-order valence-corrected chi connectivity index (χ1v) is 4.61. The van der Waals surface area contributed by atoms with Gasteiger partial charge in [-0.1, -0.05) is 20.8 Å². The number of halogens is 1. The Balaban J connectivity index is 3.33. The summed E-state index contributed by atoms with van der Waals surface area (Å²) in [5.74, 6) is -1.01. The zero-order valence-electron chi connectivity index (χ0n) is 7.68. The number of hydrogen-bond donors (Lipinski definition) is 2. The molecule has 0 amide bonds. The molecule has 0 unspecified atom stereocenters. The van der Waals surface area contributed by atoms with Gasteiger partial charge in [-0.15, -0.1) is 0 Å². The number of rotatable bonds is 1. The fourth-order valence-electron chi connectivity index (χ4n) is 1.16. The number of carboxylic acids is 1. The van der Waals surface area contributed by atoms with Crippen LogP contribution in [-0.4, -0.2) is 21.3 Å². The summed E-state index contributed by atoms with van der Waals surface area (Å²) in [5, 5.41) is 15.2. The van der Waals surface area contributed by atoms with Gasteiger partial charge in [-0.25, -0.2) is 4.79 Å². The topological polar surface area (TPSA) is 66.0 Å². The van der Waals surface area contributed by atoms with Crippen LogP contribution in [-0.2, 0) is 5.41 Å². The van der Waals surface area contributed by atoms with Gasteiger partial charge in [0.2, 0.25) is 0 Å². The Bertz CT molecular complexity index is 338. The highest BCUT2D eigenvalue weighted by atomic mass is 79.9. The first-order valence-electron chi connectivity index (χ1n) is 3.81. The minimum Gasteiger partial charge on any atom is -0.476 e. The van der Waals surface area contributed by atoms with Crippen LogP contribution in [0.2, 0.25) is 0 Å². The number of aromatic carboxylic acids is 1. The van der Waals surface area contributed by atoms with Crippen LogP contribution in [0.5, 0.6) is 0 Å². The summed E-state index contributed by atoms with van der Waals surface area (Å²) < 4.78 is 0.636. The Labute approximate surface area is 84.5 Å². The Morgan fingerprint density at radius 2 is 2.08 bits per heavy atom. The van der Waals surface area contributed by atoms with Gasteiger partial charge >= 0.3 is 5.97 Å². The molecule has 0 saturated heterocycles. The predicted octanol–water partition coefficient (Wildman–Crippen LogP) is 2.17. The minimum atomic E-state index is -1.01. The van der Waals surface area contributed by atoms with Crippen molar-refractivity contribution in [3.8, 4) is 0 Å². The molecule has 1 aromatic heterocycles. The largest absolute Gasteiger partial charge is 0.476 e. The molecule has 1 heterocycles. The van der Waals surface area contributed by atoms with Crippen molar-refractivity contribution in [2.45, 2.75) is 26.2 Å². The number of carboxylic acid groups (broad SMARTS) is 1. The standard InChI is InChI=1S/C8H11BrN2O2/c1-8(2,3)4-5(7(12)13)10-11-6(4)9/h1-3H3,(H,10,11)(H,12,13). The maximum absolute atomic E-state index is 10.8. The molecule has 1 rings (SSSR count). The number of nitrogens with zero attached hydrogens (tertiary/aromatic N) is 1. The average Bonchev–Trinajstić information content (AvgIpc) is 2.28. The smallest absolute Gasteiger partial charge is 0.356 e. The maximum atomic E-state index is 10.8. The second-order valence-electron chi connectivity index (χ2n) is 3.82. The summed E-state index contributed by atoms with van der Waals surface area (Å²) >= 11 is 3.24. The van der Waals surface area contributed by atoms with Crippen LogP contribution in [0.15, 0.2) is 4.60 Å². The first-order chi connectivity index (χ1) is 5.84. The third-order valence-electron chi connectivity index (χ3n) is 1.67. The minimum absolute atomic E-state index is 0.0828. The van der Waals surface area contributed by atoms with Gasteiger partial charge in [0.15, 0.2) is 5.69 Å². The lowest BCUT2D eigenvalue weighted by Gasteiger charge is -2.17. The number of carbonyl (C=O) groups is 1. The van der Waals surface area contributed by atoms with Gasteiger partial charge in [0, 0.05) is 5.56 Å². The summed E-state index contributed by atoms with van der Waals surface area (Å²) in [6.45, 7) is 5.82. The van der Waals surface area contributed by atoms with Crippen molar-refractivity contribution in [2.75, 3.05) is 0 Å². The molecule has 0 spiro atoms. The molecular formula is C8H11BrN2O2. The van der Waals surface area contributed by atoms with E-state index in [0.717, 1.165) is 0 Å². The predicted molar refractivity (Wildman–Crippen MR) is 51.9 cm³/mol. The van der Waals surface area contributed by atoms with E-state index < -0.39 is 5.97 Å². The molecular weight excluding hydrogens is 236 g/mol. The lowest BCUT2D eigenvalue weighted by Crippen LogP contribution is -2.16. The van der Waals surface area contributed by atoms with Crippen molar-refractivity contribution in [2.24, 2.45) is 0 Å². The SMILES string of the molecule is CC(C)(C)c1c(C(=O)O)n[nH]c1Br. The van der Waals surface area contributed by atoms with Crippen molar-refractivity contribution in [1.82, 2.24) is 10.2 Å². The number of aromatic amines is 1. The first kappa shape index (κ1) is 10.2. The summed E-state index contributed by atoms with van der Waals surface area (Å²) in [6.07, 6.45) is 0. The highest BCUT2D eigenvalue weighted by Crippen LogP contribution is 2.30. The van der Waals surface area contributed by atoms with E-state index in [1.54, 1.807) is 0 Å². The van der Waals surface area contributed by atoms with E-state index in [4.69, 9.17) is 5.11 Å². The fourth-order valence-corrected chi connectivity index (χ4v) is 2.03. The average molecular weight is 247 g/mol. The van der Waals surface area contributed by atoms with E-state index >= 15 is 0 Å². The number of aromatic nitrogens is 2. The van der Waals surface area contributed by atoms with E-state index in [2.05, 4.69) is 26.1 Å². The molecule has 0 aliphatic carbocycles. The molecule has 1 aromatic rings. The van der Waals surface area contributed by atoms with Gasteiger partial charge in [-0.05, 0) is 21.3 Å². The molecule has 2 N–H and O–H groups in total. The van der Waals surface area contributed by atoms with E-state index in [-0.39, 0.29) is 11.1 Å². The van der Waals surface area contributed by atoms with Crippen LogP contribution >= 0.6 is 15.9 Å². The summed E-state index contributed by atoms with van der Waals surface area (Å²) in [4.78, 5) is 10.8. The van der Waals surface area contributed by atoms with Gasteiger partial charge in [-0.3, -0.25) is 5.10 Å². The van der Waals surface area contributed by atoms with Gasteiger partial charge < -0.3 is 5.11 Å². The molecule has 0 saturated carbocycles. The van der Waals surface area contributed by atoms with E-state index in [1.165, 1.54) is 0 Å². The molecule has 0 aliphatic heterocycles. The maximum Gasteiger partial charge on any atom is 0.356 e. The van der Waals surface area contributed by atoms with Crippen molar-refractivity contribution in [3.63, 3.8) is 0 Å². The highest BCUT2D eigenvalue weighted by Gasteiger charge is 2.27. The molecule has 4 nitrogen and oxygen atoms in total. The number of H-pyrrole nitrogens is 1. The van der Waals surface area contributed by atoms with Gasteiger partial charge in [0.25, 0.3) is 0 Å². The van der Waals surface area contributed by atoms with Crippen LogP contribution in [0.3, 0.4) is 0 Å². The summed E-state index contributed by atoms with van der Waals surface area (Å²) in [7, 11) is 0. The second-order valence-corrected chi connectivity index (χ2v) is 4.61. The lowest BCUT2D eigenvalue weighted by atomic mass is 9.87. The van der Waals surface area contributed by atoms with Crippen LogP contribution in [0.4, 0.5) is 0 Å². The Hall–Kier alpha value is -0.840. The monoisotopic (exact) mass is 246 g/mol. The van der Waals surface area contributed by atoms with E-state index in [9.17, 15) is 4.79 Å². The number of hydrogen-bond acceptors (Lipinski definition) is 2. The molecule has 5 heteroatoms. The summed E-state index contributed by atoms with van der Waals surface area (Å²) in [5.41, 5.74) is 0.541. The Morgan fingerprint density at radius 1 is 1.54 bits per heavy atom. The molecule has 0 bridgehead atoms. The highest BCUT2D eigenvalue weighted by molar-refractivity contribution is 9.10. The zero-order chi connectivity index (χ0) is 10.2. The van der Waals surface area contributed by atoms with E-state index in [0.29, 0.717) is 10.2 Å². The molecule has 0 radical (unpaired) electrons. The van der Waals surface area contributed by atoms with E-state index in [1.807, 2.05) is 20.8 Å². The Kier molecular flexibility index (Phi) is 2.47. The third kappa shape index (κ3) is 1.91. The van der Waals surface area contributed by atoms with Crippen LogP contribution in [0, 0.1) is 0 Å². The molecule has 0 aromatic carbocycles. The zero-order valence-corrected chi connectivity index (χ0v) is 9.27. The van der Waals surface area contributed by atoms with Crippen molar-refractivity contribution < 1.29 is 9.90 Å². The van der Waals surface area contributed by atoms with Gasteiger partial charge in [-0.2, -0.15) is 5.10 Å². The third-order valence-corrected chi connectivity index (χ3v) is 2.25. The molecule has 0 atom stereocenters. The van der Waals surface area contributed by atoms with Crippen LogP contribution < -0.4 is 0 Å². The molecule has 0 fully saturated rings. The van der Waals surface area contributed by atoms with Crippen LogP contribution in [0.1, 0.15) is 36.8 Å². The van der Waals surface area contributed by atoms with Crippen LogP contribution in [0.25, 0.3) is 0 Å². The molecule has 13 heavy (non-hydrogen) atoms. The van der Waals surface area contributed by atoms with Crippen molar-refractivity contribution in [3.05, 3.63) is 15.9 Å². The molecule has 72 valence electrons. The van der Waals surface area contributed by atoms with Crippen molar-refractivity contribution in [1.29, 1.82) is 0 Å². The van der Waals surface area contributed by atoms with Gasteiger partial charge in [0.05, 0.1) is 0 Å². The quantitative estimate of drug-likeness (QED) is 0.799.